The van der Waals surface area contributed by atoms with Gasteiger partial charge in [-0.15, -0.1) is 0 Å². The Morgan fingerprint density at radius 3 is 2.61 bits per heavy atom. The number of rotatable bonds is 4. The molecule has 1 aromatic carbocycles. The van der Waals surface area contributed by atoms with Crippen molar-refractivity contribution in [3.8, 4) is 5.75 Å². The number of nitrogens with two attached hydrogens (primary N) is 1. The molecule has 0 saturated heterocycles. The van der Waals surface area contributed by atoms with Crippen LogP contribution in [-0.2, 0) is 9.53 Å². The van der Waals surface area contributed by atoms with Crippen molar-refractivity contribution in [2.45, 2.75) is 12.5 Å². The summed E-state index contributed by atoms with van der Waals surface area (Å²) in [5, 5.41) is 18.7. The first-order valence-electron chi connectivity index (χ1n) is 4.95. The molecular weight excluding hydrogens is 306 g/mol. The van der Waals surface area contributed by atoms with Crippen molar-refractivity contribution in [1.82, 2.24) is 0 Å². The largest absolute Gasteiger partial charge is 0.506 e. The van der Waals surface area contributed by atoms with Crippen molar-refractivity contribution in [3.63, 3.8) is 0 Å². The van der Waals surface area contributed by atoms with E-state index in [1.807, 2.05) is 0 Å². The van der Waals surface area contributed by atoms with Crippen LogP contribution >= 0.6 is 15.9 Å². The predicted octanol–water partition coefficient (Wildman–Crippen LogP) is 1.42. The van der Waals surface area contributed by atoms with Crippen molar-refractivity contribution in [2.24, 2.45) is 5.73 Å². The van der Waals surface area contributed by atoms with E-state index < -0.39 is 18.0 Å². The molecule has 0 radical (unpaired) electrons. The number of benzene rings is 1. The topological polar surface area (TPSA) is 110 Å². The zero-order valence-corrected chi connectivity index (χ0v) is 11.1. The average molecular weight is 318 g/mol. The summed E-state index contributed by atoms with van der Waals surface area (Å²) in [6.45, 7) is 0. The molecule has 0 fully saturated rings. The Morgan fingerprint density at radius 2 is 2.11 bits per heavy atom. The van der Waals surface area contributed by atoms with Crippen LogP contribution in [0.3, 0.4) is 0 Å². The van der Waals surface area contributed by atoms with Crippen LogP contribution in [0.25, 0.3) is 0 Å². The average Bonchev–Trinajstić information content (AvgIpc) is 2.31. The van der Waals surface area contributed by atoms with E-state index in [0.717, 1.165) is 0 Å². The fourth-order valence-electron chi connectivity index (χ4n) is 1.40. The highest BCUT2D eigenvalue weighted by molar-refractivity contribution is 9.10. The molecule has 0 amide bonds. The number of carbonyl (C=O) groups excluding carboxylic acids is 1. The first-order valence-corrected chi connectivity index (χ1v) is 5.74. The van der Waals surface area contributed by atoms with Crippen LogP contribution in [0.4, 0.5) is 0 Å². The summed E-state index contributed by atoms with van der Waals surface area (Å²) in [5.41, 5.74) is 5.88. The molecule has 18 heavy (non-hydrogen) atoms. The Bertz CT molecular complexity index is 489. The number of carbonyl (C=O) groups is 2. The Balaban J connectivity index is 3.14. The van der Waals surface area contributed by atoms with Crippen molar-refractivity contribution in [3.05, 3.63) is 27.7 Å². The van der Waals surface area contributed by atoms with Gasteiger partial charge >= 0.3 is 11.9 Å². The summed E-state index contributed by atoms with van der Waals surface area (Å²) >= 11 is 3.03. The molecule has 0 unspecified atom stereocenters. The lowest BCUT2D eigenvalue weighted by molar-refractivity contribution is -0.141. The van der Waals surface area contributed by atoms with Crippen LogP contribution in [0, 0.1) is 0 Å². The second kappa shape index (κ2) is 5.83. The maximum Gasteiger partial charge on any atom is 0.335 e. The van der Waals surface area contributed by atoms with Gasteiger partial charge in [-0.1, -0.05) is 0 Å². The van der Waals surface area contributed by atoms with Gasteiger partial charge in [0.15, 0.2) is 0 Å². The van der Waals surface area contributed by atoms with E-state index in [1.165, 1.54) is 19.2 Å². The van der Waals surface area contributed by atoms with Gasteiger partial charge in [0.25, 0.3) is 0 Å². The standard InChI is InChI=1S/C11H12BrNO5/c1-18-9(14)4-8(13)6-2-5(11(16)17)3-7(12)10(6)15/h2-3,8,15H,4,13H2,1H3,(H,16,17)/t8-/m0/s1. The predicted molar refractivity (Wildman–Crippen MR) is 66.3 cm³/mol. The van der Waals surface area contributed by atoms with E-state index in [1.54, 1.807) is 0 Å². The zero-order valence-electron chi connectivity index (χ0n) is 9.51. The van der Waals surface area contributed by atoms with E-state index in [-0.39, 0.29) is 27.8 Å². The molecule has 98 valence electrons. The number of hydrogen-bond acceptors (Lipinski definition) is 5. The highest BCUT2D eigenvalue weighted by Gasteiger charge is 2.19. The highest BCUT2D eigenvalue weighted by Crippen LogP contribution is 2.33. The second-order valence-corrected chi connectivity index (χ2v) is 4.44. The summed E-state index contributed by atoms with van der Waals surface area (Å²) in [7, 11) is 1.22. The molecule has 6 nitrogen and oxygen atoms in total. The lowest BCUT2D eigenvalue weighted by atomic mass is 10.0. The number of phenolic OH excluding ortho intramolecular Hbond substituents is 1. The molecule has 0 bridgehead atoms. The molecule has 4 N–H and O–H groups in total. The normalized spacial score (nSPS) is 11.9. The summed E-state index contributed by atoms with van der Waals surface area (Å²) in [5.74, 6) is -1.88. The number of methoxy groups -OCH3 is 1. The molecule has 1 atom stereocenters. The van der Waals surface area contributed by atoms with Gasteiger partial charge < -0.3 is 20.7 Å². The fraction of sp³-hybridized carbons (Fsp3) is 0.273. The molecule has 0 aliphatic heterocycles. The number of carboxylic acid groups (broad SMARTS) is 1. The van der Waals surface area contributed by atoms with Crippen LogP contribution in [0.5, 0.6) is 5.75 Å². The minimum absolute atomic E-state index is 0.0324. The number of esters is 1. The van der Waals surface area contributed by atoms with Crippen LogP contribution in [0.2, 0.25) is 0 Å². The molecule has 0 spiro atoms. The highest BCUT2D eigenvalue weighted by atomic mass is 79.9. The fourth-order valence-corrected chi connectivity index (χ4v) is 1.87. The molecule has 1 rings (SSSR count). The van der Waals surface area contributed by atoms with Gasteiger partial charge in [-0.3, -0.25) is 4.79 Å². The van der Waals surface area contributed by atoms with Gasteiger partial charge in [-0.2, -0.15) is 0 Å². The maximum atomic E-state index is 11.1. The summed E-state index contributed by atoms with van der Waals surface area (Å²) in [4.78, 5) is 22.0. The number of aromatic carboxylic acids is 1. The van der Waals surface area contributed by atoms with Gasteiger partial charge in [-0.05, 0) is 28.1 Å². The summed E-state index contributed by atoms with van der Waals surface area (Å²) in [6.07, 6.45) is -0.153. The smallest absolute Gasteiger partial charge is 0.335 e. The number of phenols is 1. The van der Waals surface area contributed by atoms with E-state index >= 15 is 0 Å². The summed E-state index contributed by atoms with van der Waals surface area (Å²) < 4.78 is 4.67. The molecule has 1 aromatic rings. The van der Waals surface area contributed by atoms with E-state index in [4.69, 9.17) is 10.8 Å². The van der Waals surface area contributed by atoms with Crippen molar-refractivity contribution in [1.29, 1.82) is 0 Å². The third-order valence-corrected chi connectivity index (χ3v) is 2.96. The van der Waals surface area contributed by atoms with Gasteiger partial charge in [-0.25, -0.2) is 4.79 Å². The minimum Gasteiger partial charge on any atom is -0.506 e. The third-order valence-electron chi connectivity index (χ3n) is 2.35. The van der Waals surface area contributed by atoms with E-state index in [9.17, 15) is 14.7 Å². The third kappa shape index (κ3) is 3.21. The van der Waals surface area contributed by atoms with Crippen molar-refractivity contribution >= 4 is 27.9 Å². The molecule has 0 saturated carbocycles. The zero-order chi connectivity index (χ0) is 13.9. The van der Waals surface area contributed by atoms with Gasteiger partial charge in [0.1, 0.15) is 5.75 Å². The molecule has 0 aliphatic carbocycles. The van der Waals surface area contributed by atoms with Crippen molar-refractivity contribution < 1.29 is 24.5 Å². The van der Waals surface area contributed by atoms with Gasteiger partial charge in [0, 0.05) is 11.6 Å². The van der Waals surface area contributed by atoms with E-state index in [2.05, 4.69) is 20.7 Å². The molecule has 7 heteroatoms. The Hall–Kier alpha value is -1.60. The Kier molecular flexibility index (Phi) is 4.69. The molecule has 0 heterocycles. The number of carboxylic acids is 1. The monoisotopic (exact) mass is 317 g/mol. The van der Waals surface area contributed by atoms with Crippen LogP contribution in [0.1, 0.15) is 28.4 Å². The van der Waals surface area contributed by atoms with Crippen LogP contribution < -0.4 is 5.73 Å². The SMILES string of the molecule is COC(=O)C[C@H](N)c1cc(C(=O)O)cc(Br)c1O. The van der Waals surface area contributed by atoms with Gasteiger partial charge in [0.05, 0.1) is 23.6 Å². The Labute approximate surface area is 111 Å². The maximum absolute atomic E-state index is 11.1. The van der Waals surface area contributed by atoms with Crippen molar-refractivity contribution in [2.75, 3.05) is 7.11 Å². The van der Waals surface area contributed by atoms with Gasteiger partial charge in [0.2, 0.25) is 0 Å². The number of hydrogen-bond donors (Lipinski definition) is 3. The minimum atomic E-state index is -1.15. The molecular formula is C11H12BrNO5. The molecule has 0 aliphatic rings. The lowest BCUT2D eigenvalue weighted by Crippen LogP contribution is -2.17. The summed E-state index contributed by atoms with van der Waals surface area (Å²) in [6, 6.07) is 1.65. The first kappa shape index (κ1) is 14.5. The van der Waals surface area contributed by atoms with E-state index in [0.29, 0.717) is 0 Å². The quantitative estimate of drug-likeness (QED) is 0.724. The second-order valence-electron chi connectivity index (χ2n) is 3.59. The number of halogens is 1. The lowest BCUT2D eigenvalue weighted by Gasteiger charge is -2.14. The first-order chi connectivity index (χ1) is 8.36. The van der Waals surface area contributed by atoms with Crippen LogP contribution in [0.15, 0.2) is 16.6 Å². The van der Waals surface area contributed by atoms with Crippen LogP contribution in [-0.4, -0.2) is 29.3 Å². The number of ether oxygens (including phenoxy) is 1. The Morgan fingerprint density at radius 1 is 1.50 bits per heavy atom. The number of aromatic hydroxyl groups is 1. The molecule has 0 aromatic heterocycles.